The van der Waals surface area contributed by atoms with Crippen LogP contribution in [0.2, 0.25) is 0 Å². The van der Waals surface area contributed by atoms with Gasteiger partial charge in [-0.1, -0.05) is 6.07 Å². The van der Waals surface area contributed by atoms with Crippen molar-refractivity contribution in [1.82, 2.24) is 5.32 Å². The molecule has 1 atom stereocenters. The first-order chi connectivity index (χ1) is 8.09. The smallest absolute Gasteiger partial charge is 0.273 e. The van der Waals surface area contributed by atoms with Gasteiger partial charge in [0.1, 0.15) is 12.4 Å². The van der Waals surface area contributed by atoms with E-state index in [9.17, 15) is 10.1 Å². The summed E-state index contributed by atoms with van der Waals surface area (Å²) in [5, 5.41) is 22.5. The minimum Gasteiger partial charge on any atom is -0.492 e. The van der Waals surface area contributed by atoms with Crippen LogP contribution in [0.5, 0.6) is 5.75 Å². The first-order valence-electron chi connectivity index (χ1n) is 5.35. The van der Waals surface area contributed by atoms with E-state index in [1.54, 1.807) is 19.1 Å². The molecular weight excluding hydrogens is 224 g/mol. The molecule has 0 aromatic heterocycles. The number of nitrogens with one attached hydrogen (secondary N) is 1. The van der Waals surface area contributed by atoms with Gasteiger partial charge in [-0.15, -0.1) is 0 Å². The molecule has 0 saturated carbocycles. The summed E-state index contributed by atoms with van der Waals surface area (Å²) in [6, 6.07) is 6.05. The van der Waals surface area contributed by atoms with E-state index in [-0.39, 0.29) is 5.69 Å². The summed E-state index contributed by atoms with van der Waals surface area (Å²) in [6.07, 6.45) is -0.396. The molecule has 1 aromatic rings. The topological polar surface area (TPSA) is 84.6 Å². The molecule has 0 saturated heterocycles. The van der Waals surface area contributed by atoms with Gasteiger partial charge in [0.15, 0.2) is 0 Å². The number of nitro benzene ring substituents is 1. The Hall–Kier alpha value is -1.66. The summed E-state index contributed by atoms with van der Waals surface area (Å²) in [4.78, 5) is 10.1. The van der Waals surface area contributed by atoms with Crippen LogP contribution >= 0.6 is 0 Å². The fourth-order valence-electron chi connectivity index (χ4n) is 1.24. The van der Waals surface area contributed by atoms with Gasteiger partial charge in [-0.3, -0.25) is 10.1 Å². The Morgan fingerprint density at radius 1 is 1.59 bits per heavy atom. The zero-order chi connectivity index (χ0) is 12.7. The van der Waals surface area contributed by atoms with E-state index in [2.05, 4.69) is 5.32 Å². The number of rotatable bonds is 7. The van der Waals surface area contributed by atoms with E-state index in [1.807, 2.05) is 0 Å². The Bertz CT molecular complexity index is 368. The maximum Gasteiger partial charge on any atom is 0.273 e. The minimum atomic E-state index is -0.460. The van der Waals surface area contributed by atoms with E-state index in [0.717, 1.165) is 0 Å². The largest absolute Gasteiger partial charge is 0.492 e. The second-order valence-corrected chi connectivity index (χ2v) is 3.66. The number of hydrogen-bond donors (Lipinski definition) is 2. The molecule has 94 valence electrons. The van der Waals surface area contributed by atoms with E-state index >= 15 is 0 Å². The summed E-state index contributed by atoms with van der Waals surface area (Å²) in [5.74, 6) is 0.470. The Kier molecular flexibility index (Phi) is 5.38. The summed E-state index contributed by atoms with van der Waals surface area (Å²) >= 11 is 0. The molecule has 2 N–H and O–H groups in total. The molecule has 17 heavy (non-hydrogen) atoms. The molecule has 6 nitrogen and oxygen atoms in total. The number of aliphatic hydroxyl groups is 1. The summed E-state index contributed by atoms with van der Waals surface area (Å²) in [5.41, 5.74) is 0.0134. The molecule has 0 radical (unpaired) electrons. The highest BCUT2D eigenvalue weighted by Crippen LogP contribution is 2.18. The molecule has 6 heteroatoms. The van der Waals surface area contributed by atoms with Crippen molar-refractivity contribution in [2.45, 2.75) is 13.0 Å². The predicted molar refractivity (Wildman–Crippen MR) is 63.1 cm³/mol. The molecule has 0 aliphatic heterocycles. The minimum absolute atomic E-state index is 0.0134. The number of aliphatic hydroxyl groups excluding tert-OH is 1. The van der Waals surface area contributed by atoms with Crippen LogP contribution in [0.25, 0.3) is 0 Å². The van der Waals surface area contributed by atoms with Crippen LogP contribution in [0.4, 0.5) is 5.69 Å². The van der Waals surface area contributed by atoms with Crippen molar-refractivity contribution >= 4 is 5.69 Å². The quantitative estimate of drug-likeness (QED) is 0.421. The van der Waals surface area contributed by atoms with Gasteiger partial charge in [0, 0.05) is 19.2 Å². The highest BCUT2D eigenvalue weighted by atomic mass is 16.6. The van der Waals surface area contributed by atoms with Crippen LogP contribution in [-0.2, 0) is 0 Å². The first kappa shape index (κ1) is 13.4. The highest BCUT2D eigenvalue weighted by Gasteiger charge is 2.05. The van der Waals surface area contributed by atoms with Crippen molar-refractivity contribution in [2.75, 3.05) is 19.7 Å². The second-order valence-electron chi connectivity index (χ2n) is 3.66. The van der Waals surface area contributed by atoms with Crippen molar-refractivity contribution in [3.63, 3.8) is 0 Å². The lowest BCUT2D eigenvalue weighted by Crippen LogP contribution is -2.28. The Morgan fingerprint density at radius 3 is 3.00 bits per heavy atom. The van der Waals surface area contributed by atoms with Crippen LogP contribution < -0.4 is 10.1 Å². The molecule has 0 heterocycles. The number of nitrogens with zero attached hydrogens (tertiary/aromatic N) is 1. The monoisotopic (exact) mass is 240 g/mol. The third-order valence-electron chi connectivity index (χ3n) is 2.02. The lowest BCUT2D eigenvalue weighted by molar-refractivity contribution is -0.384. The Morgan fingerprint density at radius 2 is 2.35 bits per heavy atom. The van der Waals surface area contributed by atoms with Gasteiger partial charge in [0.05, 0.1) is 17.1 Å². The van der Waals surface area contributed by atoms with Crippen molar-refractivity contribution in [1.29, 1.82) is 0 Å². The molecule has 1 aromatic carbocycles. The van der Waals surface area contributed by atoms with E-state index in [1.165, 1.54) is 12.1 Å². The molecule has 0 aliphatic carbocycles. The van der Waals surface area contributed by atoms with Crippen molar-refractivity contribution in [3.8, 4) is 5.75 Å². The third kappa shape index (κ3) is 5.28. The van der Waals surface area contributed by atoms with Gasteiger partial charge in [-0.2, -0.15) is 0 Å². The van der Waals surface area contributed by atoms with Gasteiger partial charge in [0.25, 0.3) is 5.69 Å². The van der Waals surface area contributed by atoms with Crippen molar-refractivity contribution in [2.24, 2.45) is 0 Å². The lowest BCUT2D eigenvalue weighted by Gasteiger charge is -2.08. The molecule has 0 bridgehead atoms. The summed E-state index contributed by atoms with van der Waals surface area (Å²) in [6.45, 7) is 3.16. The normalized spacial score (nSPS) is 12.1. The average molecular weight is 240 g/mol. The van der Waals surface area contributed by atoms with E-state index in [4.69, 9.17) is 9.84 Å². The van der Waals surface area contributed by atoms with Crippen LogP contribution in [0.15, 0.2) is 24.3 Å². The maximum absolute atomic E-state index is 10.5. The molecule has 0 aliphatic rings. The van der Waals surface area contributed by atoms with Crippen LogP contribution in [0.3, 0.4) is 0 Å². The number of benzene rings is 1. The van der Waals surface area contributed by atoms with E-state index in [0.29, 0.717) is 25.4 Å². The van der Waals surface area contributed by atoms with Crippen LogP contribution in [0.1, 0.15) is 6.92 Å². The van der Waals surface area contributed by atoms with Gasteiger partial charge >= 0.3 is 0 Å². The lowest BCUT2D eigenvalue weighted by atomic mass is 10.3. The molecular formula is C11H16N2O4. The van der Waals surface area contributed by atoms with Gasteiger partial charge in [0.2, 0.25) is 0 Å². The Balaban J connectivity index is 2.31. The second kappa shape index (κ2) is 6.82. The number of ether oxygens (including phenoxy) is 1. The highest BCUT2D eigenvalue weighted by molar-refractivity contribution is 5.37. The summed E-state index contributed by atoms with van der Waals surface area (Å²) in [7, 11) is 0. The molecule has 0 unspecified atom stereocenters. The molecule has 0 fully saturated rings. The van der Waals surface area contributed by atoms with Gasteiger partial charge < -0.3 is 15.2 Å². The van der Waals surface area contributed by atoms with Crippen LogP contribution in [-0.4, -0.2) is 35.8 Å². The zero-order valence-corrected chi connectivity index (χ0v) is 9.63. The number of non-ortho nitro benzene ring substituents is 1. The van der Waals surface area contributed by atoms with Gasteiger partial charge in [-0.05, 0) is 13.0 Å². The molecule has 0 spiro atoms. The standard InChI is InChI=1S/C11H16N2O4/c1-9(14)8-12-5-6-17-11-4-2-3-10(7-11)13(15)16/h2-4,7,9,12,14H,5-6,8H2,1H3/t9-/m0/s1. The van der Waals surface area contributed by atoms with Crippen molar-refractivity contribution in [3.05, 3.63) is 34.4 Å². The molecule has 0 amide bonds. The van der Waals surface area contributed by atoms with Gasteiger partial charge in [-0.25, -0.2) is 0 Å². The SMILES string of the molecule is C[C@H](O)CNCCOc1cccc([N+](=O)[O-])c1. The molecule has 1 rings (SSSR count). The Labute approximate surface area is 99.4 Å². The third-order valence-corrected chi connectivity index (χ3v) is 2.02. The number of nitro groups is 1. The first-order valence-corrected chi connectivity index (χ1v) is 5.35. The van der Waals surface area contributed by atoms with E-state index < -0.39 is 11.0 Å². The fraction of sp³-hybridized carbons (Fsp3) is 0.455. The predicted octanol–water partition coefficient (Wildman–Crippen LogP) is 0.944. The fourth-order valence-corrected chi connectivity index (χ4v) is 1.24. The zero-order valence-electron chi connectivity index (χ0n) is 9.63. The average Bonchev–Trinajstić information content (AvgIpc) is 2.28. The maximum atomic E-state index is 10.5. The summed E-state index contributed by atoms with van der Waals surface area (Å²) < 4.78 is 5.33. The van der Waals surface area contributed by atoms with Crippen LogP contribution in [0, 0.1) is 10.1 Å². The number of hydrogen-bond acceptors (Lipinski definition) is 5. The van der Waals surface area contributed by atoms with Crippen molar-refractivity contribution < 1.29 is 14.8 Å².